The minimum atomic E-state index is -1.15. The van der Waals surface area contributed by atoms with Gasteiger partial charge in [-0.3, -0.25) is 4.68 Å². The number of aromatic nitrogens is 2. The van der Waals surface area contributed by atoms with Gasteiger partial charge in [-0.15, -0.1) is 0 Å². The van der Waals surface area contributed by atoms with Crippen molar-refractivity contribution in [3.63, 3.8) is 0 Å². The van der Waals surface area contributed by atoms with Crippen LogP contribution in [0.15, 0.2) is 42.5 Å². The number of aliphatic carboxylic acids is 1. The zero-order valence-electron chi connectivity index (χ0n) is 17.9. The number of carbonyl (C=O) groups is 1. The molecule has 164 valence electrons. The number of hydrogen-bond donors (Lipinski definition) is 1. The topological polar surface area (TPSA) is 82.8 Å². The van der Waals surface area contributed by atoms with E-state index in [-0.39, 0.29) is 5.75 Å². The van der Waals surface area contributed by atoms with E-state index in [1.807, 2.05) is 28.9 Å². The van der Waals surface area contributed by atoms with Crippen LogP contribution in [0.2, 0.25) is 0 Å². The fourth-order valence-corrected chi connectivity index (χ4v) is 3.31. The number of rotatable bonds is 9. The minimum absolute atomic E-state index is 0.112. The normalized spacial score (nSPS) is 10.9. The smallest absolute Gasteiger partial charge is 0.341 e. The first-order chi connectivity index (χ1) is 14.8. The maximum atomic E-state index is 13.8. The third-order valence-corrected chi connectivity index (χ3v) is 4.57. The molecule has 31 heavy (non-hydrogen) atoms. The average molecular weight is 428 g/mol. The molecule has 0 aliphatic rings. The Morgan fingerprint density at radius 3 is 2.52 bits per heavy atom. The molecule has 0 atom stereocenters. The summed E-state index contributed by atoms with van der Waals surface area (Å²) in [4.78, 5) is 10.9. The number of para-hydroxylation sites is 1. The molecule has 2 aromatic carbocycles. The predicted octanol–water partition coefficient (Wildman–Crippen LogP) is 4.49. The van der Waals surface area contributed by atoms with Crippen LogP contribution in [0.5, 0.6) is 17.2 Å². The number of halogens is 1. The number of methoxy groups -OCH3 is 2. The van der Waals surface area contributed by atoms with E-state index in [0.717, 1.165) is 17.3 Å². The van der Waals surface area contributed by atoms with Crippen LogP contribution < -0.4 is 14.2 Å². The summed E-state index contributed by atoms with van der Waals surface area (Å²) in [7, 11) is 3.15. The van der Waals surface area contributed by atoms with Gasteiger partial charge in [0.2, 0.25) is 0 Å². The highest BCUT2D eigenvalue weighted by molar-refractivity contribution is 5.77. The molecule has 0 aliphatic heterocycles. The molecule has 0 saturated heterocycles. The van der Waals surface area contributed by atoms with Gasteiger partial charge < -0.3 is 19.3 Å². The molecule has 1 aromatic heterocycles. The van der Waals surface area contributed by atoms with E-state index >= 15 is 0 Å². The van der Waals surface area contributed by atoms with E-state index in [1.54, 1.807) is 14.2 Å². The second kappa shape index (κ2) is 9.51. The Morgan fingerprint density at radius 2 is 1.87 bits per heavy atom. The maximum Gasteiger partial charge on any atom is 0.341 e. The fraction of sp³-hybridized carbons (Fsp3) is 0.304. The van der Waals surface area contributed by atoms with Crippen LogP contribution in [-0.2, 0) is 11.3 Å². The molecule has 0 saturated carbocycles. The Morgan fingerprint density at radius 1 is 1.10 bits per heavy atom. The van der Waals surface area contributed by atoms with Crippen molar-refractivity contribution in [1.82, 2.24) is 9.78 Å². The summed E-state index contributed by atoms with van der Waals surface area (Å²) < 4.78 is 32.0. The molecule has 0 amide bonds. The van der Waals surface area contributed by atoms with E-state index < -0.39 is 18.4 Å². The van der Waals surface area contributed by atoms with Gasteiger partial charge >= 0.3 is 5.97 Å². The van der Waals surface area contributed by atoms with Crippen LogP contribution in [0.25, 0.3) is 22.5 Å². The van der Waals surface area contributed by atoms with Crippen molar-refractivity contribution in [3.8, 4) is 39.8 Å². The minimum Gasteiger partial charge on any atom is -0.493 e. The van der Waals surface area contributed by atoms with Gasteiger partial charge in [0.25, 0.3) is 0 Å². The largest absolute Gasteiger partial charge is 0.493 e. The highest BCUT2D eigenvalue weighted by Gasteiger charge is 2.20. The molecule has 1 N–H and O–H groups in total. The average Bonchev–Trinajstić information content (AvgIpc) is 3.14. The molecule has 8 heteroatoms. The quantitative estimate of drug-likeness (QED) is 0.541. The Kier molecular flexibility index (Phi) is 6.79. The molecule has 3 rings (SSSR count). The number of hydrogen-bond acceptors (Lipinski definition) is 5. The Labute approximate surface area is 180 Å². The number of benzene rings is 2. The third-order valence-electron chi connectivity index (χ3n) is 4.57. The monoisotopic (exact) mass is 428 g/mol. The van der Waals surface area contributed by atoms with Crippen molar-refractivity contribution < 1.29 is 28.5 Å². The maximum absolute atomic E-state index is 13.8. The van der Waals surface area contributed by atoms with Crippen LogP contribution in [-0.4, -0.2) is 41.7 Å². The van der Waals surface area contributed by atoms with Crippen LogP contribution in [0.4, 0.5) is 4.39 Å². The molecule has 0 radical (unpaired) electrons. The van der Waals surface area contributed by atoms with Gasteiger partial charge in [-0.1, -0.05) is 19.9 Å². The molecule has 3 aromatic rings. The molecule has 0 unspecified atom stereocenters. The Hall–Kier alpha value is -3.55. The van der Waals surface area contributed by atoms with E-state index in [1.165, 1.54) is 12.1 Å². The van der Waals surface area contributed by atoms with Crippen molar-refractivity contribution in [2.24, 2.45) is 5.92 Å². The SMILES string of the molecule is COc1cccc(-c2cc(-c3ccc(F)cc3OCC(=O)O)nn2CC(C)C)c1OC. The first-order valence-corrected chi connectivity index (χ1v) is 9.77. The lowest BCUT2D eigenvalue weighted by atomic mass is 10.1. The van der Waals surface area contributed by atoms with Crippen LogP contribution in [0, 0.1) is 11.7 Å². The first kappa shape index (κ1) is 22.1. The summed E-state index contributed by atoms with van der Waals surface area (Å²) >= 11 is 0. The molecule has 0 aliphatic carbocycles. The lowest BCUT2D eigenvalue weighted by Gasteiger charge is -2.14. The van der Waals surface area contributed by atoms with Gasteiger partial charge in [-0.2, -0.15) is 5.10 Å². The van der Waals surface area contributed by atoms with Crippen LogP contribution in [0.3, 0.4) is 0 Å². The van der Waals surface area contributed by atoms with Crippen molar-refractivity contribution in [3.05, 3.63) is 48.3 Å². The molecule has 0 spiro atoms. The lowest BCUT2D eigenvalue weighted by Crippen LogP contribution is -2.10. The summed E-state index contributed by atoms with van der Waals surface area (Å²) in [6.45, 7) is 4.20. The highest BCUT2D eigenvalue weighted by Crippen LogP contribution is 2.40. The van der Waals surface area contributed by atoms with Crippen molar-refractivity contribution in [2.45, 2.75) is 20.4 Å². The Balaban J connectivity index is 2.16. The van der Waals surface area contributed by atoms with E-state index in [4.69, 9.17) is 24.4 Å². The fourth-order valence-electron chi connectivity index (χ4n) is 3.31. The van der Waals surface area contributed by atoms with Crippen LogP contribution >= 0.6 is 0 Å². The van der Waals surface area contributed by atoms with Gasteiger partial charge in [0.15, 0.2) is 18.1 Å². The summed E-state index contributed by atoms with van der Waals surface area (Å²) in [5.74, 6) is -0.100. The zero-order chi connectivity index (χ0) is 22.5. The molecule has 0 bridgehead atoms. The summed E-state index contributed by atoms with van der Waals surface area (Å²) in [5.41, 5.74) is 2.60. The second-order valence-corrected chi connectivity index (χ2v) is 7.35. The Bertz CT molecular complexity index is 1080. The molecular weight excluding hydrogens is 403 g/mol. The number of ether oxygens (including phenoxy) is 3. The third kappa shape index (κ3) is 4.96. The first-order valence-electron chi connectivity index (χ1n) is 9.77. The van der Waals surface area contributed by atoms with Crippen LogP contribution in [0.1, 0.15) is 13.8 Å². The van der Waals surface area contributed by atoms with E-state index in [0.29, 0.717) is 35.2 Å². The molecular formula is C23H25FN2O5. The van der Waals surface area contributed by atoms with Gasteiger partial charge in [-0.25, -0.2) is 9.18 Å². The molecule has 7 nitrogen and oxygen atoms in total. The summed E-state index contributed by atoms with van der Waals surface area (Å²) in [5, 5.41) is 13.7. The zero-order valence-corrected chi connectivity index (χ0v) is 17.9. The van der Waals surface area contributed by atoms with E-state index in [9.17, 15) is 9.18 Å². The van der Waals surface area contributed by atoms with Gasteiger partial charge in [0.05, 0.1) is 25.6 Å². The number of carboxylic acid groups (broad SMARTS) is 1. The standard InChI is InChI=1S/C23H25FN2O5/c1-14(2)12-26-19(17-6-5-7-20(29-3)23(17)30-4)11-18(25-26)16-9-8-15(24)10-21(16)31-13-22(27)28/h5-11,14H,12-13H2,1-4H3,(H,27,28). The van der Waals surface area contributed by atoms with Crippen molar-refractivity contribution >= 4 is 5.97 Å². The van der Waals surface area contributed by atoms with E-state index in [2.05, 4.69) is 13.8 Å². The highest BCUT2D eigenvalue weighted by atomic mass is 19.1. The lowest BCUT2D eigenvalue weighted by molar-refractivity contribution is -0.139. The summed E-state index contributed by atoms with van der Waals surface area (Å²) in [6.07, 6.45) is 0. The van der Waals surface area contributed by atoms with Crippen molar-refractivity contribution in [2.75, 3.05) is 20.8 Å². The predicted molar refractivity (Wildman–Crippen MR) is 114 cm³/mol. The van der Waals surface area contributed by atoms with Gasteiger partial charge in [-0.05, 0) is 36.2 Å². The molecule has 1 heterocycles. The van der Waals surface area contributed by atoms with Gasteiger partial charge in [0, 0.05) is 23.7 Å². The second-order valence-electron chi connectivity index (χ2n) is 7.35. The molecule has 0 fully saturated rings. The van der Waals surface area contributed by atoms with Gasteiger partial charge in [0.1, 0.15) is 11.6 Å². The summed E-state index contributed by atoms with van der Waals surface area (Å²) in [6, 6.07) is 11.4. The number of carboxylic acids is 1. The van der Waals surface area contributed by atoms with Crippen molar-refractivity contribution in [1.29, 1.82) is 0 Å². The number of nitrogens with zero attached hydrogens (tertiary/aromatic N) is 2.